The second kappa shape index (κ2) is 8.74. The minimum atomic E-state index is -0.271. The maximum Gasteiger partial charge on any atom is 0.409 e. The van der Waals surface area contributed by atoms with Crippen LogP contribution in [0.3, 0.4) is 0 Å². The number of methoxy groups -OCH3 is 1. The lowest BCUT2D eigenvalue weighted by atomic mass is 10.00. The highest BCUT2D eigenvalue weighted by Gasteiger charge is 2.25. The van der Waals surface area contributed by atoms with Gasteiger partial charge in [0.15, 0.2) is 0 Å². The average molecular weight is 348 g/mol. The molecule has 2 amide bonds. The molecule has 6 heteroatoms. The van der Waals surface area contributed by atoms with Crippen LogP contribution in [0.2, 0.25) is 0 Å². The third kappa shape index (κ3) is 5.11. The Morgan fingerprint density at radius 3 is 2.52 bits per heavy atom. The Balaban J connectivity index is 1.89. The predicted molar refractivity (Wildman–Crippen MR) is 95.9 cm³/mol. The molecule has 1 aromatic carbocycles. The van der Waals surface area contributed by atoms with Crippen molar-refractivity contribution in [2.45, 2.75) is 46.1 Å². The summed E-state index contributed by atoms with van der Waals surface area (Å²) in [4.78, 5) is 25.8. The lowest BCUT2D eigenvalue weighted by Gasteiger charge is -2.31. The van der Waals surface area contributed by atoms with Gasteiger partial charge in [-0.1, -0.05) is 6.07 Å². The van der Waals surface area contributed by atoms with Gasteiger partial charge in [-0.05, 0) is 50.8 Å². The number of aryl methyl sites for hydroxylation is 2. The van der Waals surface area contributed by atoms with E-state index in [0.717, 1.165) is 35.3 Å². The molecule has 25 heavy (non-hydrogen) atoms. The van der Waals surface area contributed by atoms with E-state index in [1.165, 1.54) is 0 Å². The van der Waals surface area contributed by atoms with Crippen molar-refractivity contribution >= 4 is 12.0 Å². The first-order valence-electron chi connectivity index (χ1n) is 8.79. The summed E-state index contributed by atoms with van der Waals surface area (Å²) in [6.07, 6.45) is 1.52. The first kappa shape index (κ1) is 19.1. The summed E-state index contributed by atoms with van der Waals surface area (Å²) in [5.41, 5.74) is 3.10. The van der Waals surface area contributed by atoms with Gasteiger partial charge in [-0.3, -0.25) is 4.79 Å². The van der Waals surface area contributed by atoms with Crippen molar-refractivity contribution in [3.05, 3.63) is 28.8 Å². The molecule has 0 atom stereocenters. The van der Waals surface area contributed by atoms with Gasteiger partial charge in [0, 0.05) is 24.7 Å². The minimum Gasteiger partial charge on any atom is -0.496 e. The Morgan fingerprint density at radius 1 is 1.24 bits per heavy atom. The van der Waals surface area contributed by atoms with Crippen LogP contribution in [0.1, 0.15) is 36.5 Å². The number of amides is 2. The molecule has 2 rings (SSSR count). The van der Waals surface area contributed by atoms with Crippen LogP contribution in [0.15, 0.2) is 12.1 Å². The van der Waals surface area contributed by atoms with Gasteiger partial charge >= 0.3 is 6.09 Å². The number of piperidine rings is 1. The fourth-order valence-electron chi connectivity index (χ4n) is 3.23. The van der Waals surface area contributed by atoms with Gasteiger partial charge in [0.1, 0.15) is 5.75 Å². The van der Waals surface area contributed by atoms with E-state index in [0.29, 0.717) is 26.1 Å². The van der Waals surface area contributed by atoms with Crippen LogP contribution in [0, 0.1) is 13.8 Å². The maximum absolute atomic E-state index is 12.4. The smallest absolute Gasteiger partial charge is 0.409 e. The lowest BCUT2D eigenvalue weighted by Crippen LogP contribution is -2.47. The van der Waals surface area contributed by atoms with E-state index >= 15 is 0 Å². The number of carbonyl (C=O) groups is 2. The third-order valence-corrected chi connectivity index (χ3v) is 4.52. The lowest BCUT2D eigenvalue weighted by molar-refractivity contribution is -0.121. The van der Waals surface area contributed by atoms with Crippen molar-refractivity contribution < 1.29 is 19.1 Å². The van der Waals surface area contributed by atoms with Crippen molar-refractivity contribution in [1.82, 2.24) is 10.2 Å². The zero-order valence-electron chi connectivity index (χ0n) is 15.6. The monoisotopic (exact) mass is 348 g/mol. The first-order valence-corrected chi connectivity index (χ1v) is 8.79. The molecule has 0 radical (unpaired) electrons. The van der Waals surface area contributed by atoms with Gasteiger partial charge in [0.25, 0.3) is 0 Å². The first-order chi connectivity index (χ1) is 11.9. The number of ether oxygens (including phenoxy) is 2. The average Bonchev–Trinajstić information content (AvgIpc) is 2.57. The van der Waals surface area contributed by atoms with Crippen LogP contribution in [0.4, 0.5) is 4.79 Å². The standard InChI is InChI=1S/C19H28N2O4/c1-5-25-19(23)21-8-6-15(7-9-21)20-18(22)12-16-14(3)10-13(2)11-17(16)24-4/h10-11,15H,5-9,12H2,1-4H3,(H,20,22). The normalized spacial score (nSPS) is 15.0. The molecule has 6 nitrogen and oxygen atoms in total. The topological polar surface area (TPSA) is 67.9 Å². The van der Waals surface area contributed by atoms with Crippen molar-refractivity contribution in [2.24, 2.45) is 0 Å². The molecule has 0 aromatic heterocycles. The zero-order chi connectivity index (χ0) is 18.4. The fourth-order valence-corrected chi connectivity index (χ4v) is 3.23. The summed E-state index contributed by atoms with van der Waals surface area (Å²) in [6, 6.07) is 4.10. The van der Waals surface area contributed by atoms with Crippen molar-refractivity contribution in [1.29, 1.82) is 0 Å². The van der Waals surface area contributed by atoms with E-state index in [1.807, 2.05) is 19.9 Å². The molecular weight excluding hydrogens is 320 g/mol. The summed E-state index contributed by atoms with van der Waals surface area (Å²) >= 11 is 0. The molecule has 1 fully saturated rings. The molecule has 138 valence electrons. The molecule has 0 aliphatic carbocycles. The molecule has 1 aliphatic heterocycles. The van der Waals surface area contributed by atoms with Crippen LogP contribution in [0.5, 0.6) is 5.75 Å². The second-order valence-electron chi connectivity index (χ2n) is 6.47. The van der Waals surface area contributed by atoms with E-state index in [1.54, 1.807) is 18.9 Å². The highest BCUT2D eigenvalue weighted by atomic mass is 16.6. The molecule has 1 aliphatic rings. The van der Waals surface area contributed by atoms with E-state index in [4.69, 9.17) is 9.47 Å². The number of benzene rings is 1. The predicted octanol–water partition coefficient (Wildman–Crippen LogP) is 2.59. The molecule has 1 aromatic rings. The number of hydrogen-bond donors (Lipinski definition) is 1. The number of rotatable bonds is 5. The Bertz CT molecular complexity index is 622. The molecule has 0 spiro atoms. The maximum atomic E-state index is 12.4. The molecular formula is C19H28N2O4. The van der Waals surface area contributed by atoms with E-state index < -0.39 is 0 Å². The Morgan fingerprint density at radius 2 is 1.92 bits per heavy atom. The Labute approximate surface area is 149 Å². The molecule has 0 unspecified atom stereocenters. The Hall–Kier alpha value is -2.24. The number of likely N-dealkylation sites (tertiary alicyclic amines) is 1. The van der Waals surface area contributed by atoms with Crippen LogP contribution < -0.4 is 10.1 Å². The van der Waals surface area contributed by atoms with Crippen molar-refractivity contribution in [3.63, 3.8) is 0 Å². The van der Waals surface area contributed by atoms with Crippen LogP contribution >= 0.6 is 0 Å². The van der Waals surface area contributed by atoms with Gasteiger partial charge in [-0.15, -0.1) is 0 Å². The summed E-state index contributed by atoms with van der Waals surface area (Å²) < 4.78 is 10.4. The van der Waals surface area contributed by atoms with Gasteiger partial charge < -0.3 is 19.7 Å². The number of carbonyl (C=O) groups excluding carboxylic acids is 2. The highest BCUT2D eigenvalue weighted by Crippen LogP contribution is 2.25. The van der Waals surface area contributed by atoms with Gasteiger partial charge in [0.2, 0.25) is 5.91 Å². The summed E-state index contributed by atoms with van der Waals surface area (Å²) in [5, 5.41) is 3.08. The molecule has 1 saturated heterocycles. The van der Waals surface area contributed by atoms with Crippen LogP contribution in [0.25, 0.3) is 0 Å². The fraction of sp³-hybridized carbons (Fsp3) is 0.579. The van der Waals surface area contributed by atoms with E-state index in [2.05, 4.69) is 11.4 Å². The van der Waals surface area contributed by atoms with Gasteiger partial charge in [0.05, 0.1) is 20.1 Å². The van der Waals surface area contributed by atoms with E-state index in [9.17, 15) is 9.59 Å². The molecule has 1 heterocycles. The van der Waals surface area contributed by atoms with E-state index in [-0.39, 0.29) is 18.0 Å². The van der Waals surface area contributed by atoms with Gasteiger partial charge in [-0.2, -0.15) is 0 Å². The largest absolute Gasteiger partial charge is 0.496 e. The SMILES string of the molecule is CCOC(=O)N1CCC(NC(=O)Cc2c(C)cc(C)cc2OC)CC1. The Kier molecular flexibility index (Phi) is 6.67. The summed E-state index contributed by atoms with van der Waals surface area (Å²) in [5.74, 6) is 0.740. The number of nitrogens with one attached hydrogen (secondary N) is 1. The second-order valence-corrected chi connectivity index (χ2v) is 6.47. The summed E-state index contributed by atoms with van der Waals surface area (Å²) in [7, 11) is 1.63. The highest BCUT2D eigenvalue weighted by molar-refractivity contribution is 5.80. The van der Waals surface area contributed by atoms with Crippen molar-refractivity contribution in [2.75, 3.05) is 26.8 Å². The number of nitrogens with zero attached hydrogens (tertiary/aromatic N) is 1. The number of hydrogen-bond acceptors (Lipinski definition) is 4. The van der Waals surface area contributed by atoms with Crippen LogP contribution in [-0.2, 0) is 16.0 Å². The van der Waals surface area contributed by atoms with Crippen LogP contribution in [-0.4, -0.2) is 49.7 Å². The molecule has 1 N–H and O–H groups in total. The summed E-state index contributed by atoms with van der Waals surface area (Å²) in [6.45, 7) is 7.40. The molecule has 0 saturated carbocycles. The van der Waals surface area contributed by atoms with Crippen molar-refractivity contribution in [3.8, 4) is 5.75 Å². The minimum absolute atomic E-state index is 0.0140. The van der Waals surface area contributed by atoms with Gasteiger partial charge in [-0.25, -0.2) is 4.79 Å². The quantitative estimate of drug-likeness (QED) is 0.888. The zero-order valence-corrected chi connectivity index (χ0v) is 15.6. The third-order valence-electron chi connectivity index (χ3n) is 4.52. The molecule has 0 bridgehead atoms.